The fourth-order valence-corrected chi connectivity index (χ4v) is 18.7. The first-order valence-corrected chi connectivity index (χ1v) is 32.1. The minimum Gasteiger partial charge on any atom is -0.309 e. The van der Waals surface area contributed by atoms with Gasteiger partial charge in [-0.3, -0.25) is 0 Å². The summed E-state index contributed by atoms with van der Waals surface area (Å²) in [5.74, 6) is 0. The Morgan fingerprint density at radius 1 is 0.184 bits per heavy atom. The van der Waals surface area contributed by atoms with Gasteiger partial charge in [0.15, 0.2) is 8.07 Å². The molecule has 0 bridgehead atoms. The Labute approximate surface area is 508 Å². The summed E-state index contributed by atoms with van der Waals surface area (Å²) in [4.78, 5) is 0. The third kappa shape index (κ3) is 8.95. The van der Waals surface area contributed by atoms with Gasteiger partial charge in [-0.15, -0.1) is 0 Å². The van der Waals surface area contributed by atoms with E-state index in [4.69, 9.17) is 0 Å². The van der Waals surface area contributed by atoms with Crippen molar-refractivity contribution in [2.45, 2.75) is 0 Å². The van der Waals surface area contributed by atoms with Crippen molar-refractivity contribution in [2.24, 2.45) is 0 Å². The standard InChI is InChI=1S/C84H58N2Si/c1-7-26-59(27-8-1)64-36-23-39-69(52-64)85-80-46-21-19-44-74(80)78-55-67(48-50-82(78)85)68-49-51-83-79(56-68)75-45-20-22-47-81(75)86(83)84-76(62-32-13-4-14-33-62)57-73(58-77(84)63-34-15-5-16-35-63)87(70-40-17-6-18-41-70,71-42-24-37-65(53-71)60-28-9-2-10-29-60)72-43-25-38-66(54-72)61-30-11-3-12-31-61/h1-58H. The Bertz CT molecular complexity index is 5040. The van der Waals surface area contributed by atoms with E-state index >= 15 is 0 Å². The van der Waals surface area contributed by atoms with Gasteiger partial charge in [-0.25, -0.2) is 0 Å². The van der Waals surface area contributed by atoms with Crippen molar-refractivity contribution in [3.8, 4) is 78.1 Å². The second-order valence-electron chi connectivity index (χ2n) is 22.7. The van der Waals surface area contributed by atoms with E-state index in [0.29, 0.717) is 0 Å². The molecule has 0 aliphatic rings. The van der Waals surface area contributed by atoms with Gasteiger partial charge in [0.25, 0.3) is 0 Å². The number of benzene rings is 14. The molecule has 14 aromatic carbocycles. The van der Waals surface area contributed by atoms with Crippen molar-refractivity contribution < 1.29 is 0 Å². The Balaban J connectivity index is 0.947. The van der Waals surface area contributed by atoms with Gasteiger partial charge in [-0.05, 0) is 125 Å². The van der Waals surface area contributed by atoms with Crippen LogP contribution in [0, 0.1) is 0 Å². The molecule has 0 saturated carbocycles. The molecule has 0 amide bonds. The zero-order valence-corrected chi connectivity index (χ0v) is 48.9. The van der Waals surface area contributed by atoms with Gasteiger partial charge in [0.1, 0.15) is 0 Å². The molecule has 0 aliphatic heterocycles. The van der Waals surface area contributed by atoms with Crippen molar-refractivity contribution in [1.29, 1.82) is 0 Å². The maximum absolute atomic E-state index is 3.30. The lowest BCUT2D eigenvalue weighted by Crippen LogP contribution is -2.74. The van der Waals surface area contributed by atoms with E-state index in [9.17, 15) is 0 Å². The molecule has 16 rings (SSSR count). The van der Waals surface area contributed by atoms with Crippen LogP contribution in [0.5, 0.6) is 0 Å². The minimum absolute atomic E-state index is 1.14. The largest absolute Gasteiger partial charge is 0.309 e. The summed E-state index contributed by atoms with van der Waals surface area (Å²) in [6.45, 7) is 0. The normalized spacial score (nSPS) is 11.7. The molecular formula is C84H58N2Si. The average Bonchev–Trinajstić information content (AvgIpc) is 1.79. The van der Waals surface area contributed by atoms with E-state index in [1.165, 1.54) is 109 Å². The second kappa shape index (κ2) is 21.8. The van der Waals surface area contributed by atoms with Crippen LogP contribution in [0.2, 0.25) is 0 Å². The summed E-state index contributed by atoms with van der Waals surface area (Å²) in [7, 11) is -3.30. The minimum atomic E-state index is -3.30. The molecule has 0 aliphatic carbocycles. The number of hydrogen-bond acceptors (Lipinski definition) is 0. The molecule has 3 heteroatoms. The summed E-state index contributed by atoms with van der Waals surface area (Å²) in [5.41, 5.74) is 21.1. The van der Waals surface area contributed by atoms with Crippen LogP contribution in [-0.2, 0) is 0 Å². The molecule has 2 nitrogen and oxygen atoms in total. The van der Waals surface area contributed by atoms with Crippen LogP contribution in [0.1, 0.15) is 0 Å². The van der Waals surface area contributed by atoms with E-state index in [-0.39, 0.29) is 0 Å². The van der Waals surface area contributed by atoms with Crippen LogP contribution in [-0.4, -0.2) is 17.2 Å². The quantitative estimate of drug-likeness (QED) is 0.0852. The zero-order chi connectivity index (χ0) is 57.7. The van der Waals surface area contributed by atoms with Gasteiger partial charge < -0.3 is 9.13 Å². The van der Waals surface area contributed by atoms with Gasteiger partial charge in [-0.1, -0.05) is 303 Å². The third-order valence-corrected chi connectivity index (χ3v) is 22.5. The van der Waals surface area contributed by atoms with Crippen LogP contribution >= 0.6 is 0 Å². The van der Waals surface area contributed by atoms with Gasteiger partial charge in [0.05, 0.1) is 27.8 Å². The van der Waals surface area contributed by atoms with E-state index < -0.39 is 8.07 Å². The number of para-hydroxylation sites is 2. The second-order valence-corrected chi connectivity index (χ2v) is 26.6. The SMILES string of the molecule is c1ccc(-c2cccc(-n3c4ccccc4c4cc(-c5ccc6c(c5)c5ccccc5n6-c5c(-c6ccccc6)cc([Si](c6ccccc6)(c6cccc(-c7ccccc7)c6)c6cccc(-c7ccccc7)c6)cc5-c5ccccc5)ccc43)c2)cc1. The molecule has 2 aromatic heterocycles. The molecule has 408 valence electrons. The predicted octanol–water partition coefficient (Wildman–Crippen LogP) is 19.3. The highest BCUT2D eigenvalue weighted by molar-refractivity contribution is 7.20. The topological polar surface area (TPSA) is 9.86 Å². The zero-order valence-electron chi connectivity index (χ0n) is 47.9. The highest BCUT2D eigenvalue weighted by atomic mass is 28.3. The van der Waals surface area contributed by atoms with Crippen molar-refractivity contribution in [3.05, 3.63) is 352 Å². The predicted molar refractivity (Wildman–Crippen MR) is 371 cm³/mol. The average molecular weight is 1120 g/mol. The Morgan fingerprint density at radius 3 is 0.989 bits per heavy atom. The van der Waals surface area contributed by atoms with E-state index in [2.05, 4.69) is 361 Å². The van der Waals surface area contributed by atoms with Gasteiger partial charge >= 0.3 is 0 Å². The maximum atomic E-state index is 2.58. The summed E-state index contributed by atoms with van der Waals surface area (Å²) in [6.07, 6.45) is 0. The third-order valence-electron chi connectivity index (χ3n) is 17.8. The Hall–Kier alpha value is -11.1. The van der Waals surface area contributed by atoms with Crippen LogP contribution in [0.3, 0.4) is 0 Å². The van der Waals surface area contributed by atoms with Crippen molar-refractivity contribution >= 4 is 72.4 Å². The molecule has 0 fully saturated rings. The van der Waals surface area contributed by atoms with Crippen LogP contribution in [0.15, 0.2) is 352 Å². The number of nitrogens with zero attached hydrogens (tertiary/aromatic N) is 2. The molecule has 0 spiro atoms. The van der Waals surface area contributed by atoms with E-state index in [1.54, 1.807) is 0 Å². The van der Waals surface area contributed by atoms with Crippen LogP contribution in [0.25, 0.3) is 122 Å². The Morgan fingerprint density at radius 2 is 0.517 bits per heavy atom. The van der Waals surface area contributed by atoms with E-state index in [1.807, 2.05) is 0 Å². The maximum Gasteiger partial charge on any atom is 0.179 e. The molecule has 0 unspecified atom stereocenters. The number of fused-ring (bicyclic) bond motifs is 6. The summed E-state index contributed by atoms with van der Waals surface area (Å²) >= 11 is 0. The van der Waals surface area contributed by atoms with Gasteiger partial charge in [-0.2, -0.15) is 0 Å². The summed E-state index contributed by atoms with van der Waals surface area (Å²) in [5, 5.41) is 10.1. The van der Waals surface area contributed by atoms with Crippen molar-refractivity contribution in [3.63, 3.8) is 0 Å². The molecule has 0 N–H and O–H groups in total. The molecule has 87 heavy (non-hydrogen) atoms. The molecule has 2 heterocycles. The summed E-state index contributed by atoms with van der Waals surface area (Å²) < 4.78 is 4.99. The van der Waals surface area contributed by atoms with Crippen molar-refractivity contribution in [1.82, 2.24) is 9.13 Å². The first-order chi connectivity index (χ1) is 43.2. The fourth-order valence-electron chi connectivity index (χ4n) is 13.9. The first kappa shape index (κ1) is 51.5. The van der Waals surface area contributed by atoms with E-state index in [0.717, 1.165) is 33.5 Å². The highest BCUT2D eigenvalue weighted by Crippen LogP contribution is 2.44. The molecular weight excluding hydrogens is 1070 g/mol. The van der Waals surface area contributed by atoms with Crippen molar-refractivity contribution in [2.75, 3.05) is 0 Å². The monoisotopic (exact) mass is 1120 g/mol. The molecule has 0 saturated heterocycles. The van der Waals surface area contributed by atoms with Gasteiger partial charge in [0, 0.05) is 38.4 Å². The molecule has 0 radical (unpaired) electrons. The number of aromatic nitrogens is 2. The van der Waals surface area contributed by atoms with Crippen LogP contribution < -0.4 is 20.7 Å². The molecule has 16 aromatic rings. The lowest BCUT2D eigenvalue weighted by atomic mass is 9.95. The molecule has 0 atom stereocenters. The van der Waals surface area contributed by atoms with Crippen LogP contribution in [0.4, 0.5) is 0 Å². The number of rotatable bonds is 12. The fraction of sp³-hybridized carbons (Fsp3) is 0. The summed E-state index contributed by atoms with van der Waals surface area (Å²) in [6, 6.07) is 131. The Kier molecular flexibility index (Phi) is 12.9. The lowest BCUT2D eigenvalue weighted by molar-refractivity contribution is 1.18. The number of hydrogen-bond donors (Lipinski definition) is 0. The first-order valence-electron chi connectivity index (χ1n) is 30.1. The lowest BCUT2D eigenvalue weighted by Gasteiger charge is -2.36. The smallest absolute Gasteiger partial charge is 0.179 e. The highest BCUT2D eigenvalue weighted by Gasteiger charge is 2.43. The van der Waals surface area contributed by atoms with Gasteiger partial charge in [0.2, 0.25) is 0 Å².